The Morgan fingerprint density at radius 1 is 1.06 bits per heavy atom. The highest BCUT2D eigenvalue weighted by atomic mass is 19.1. The average Bonchev–Trinajstić information content (AvgIpc) is 2.33. The molecule has 0 fully saturated rings. The quantitative estimate of drug-likeness (QED) is 0.770. The zero-order valence-electron chi connectivity index (χ0n) is 9.04. The van der Waals surface area contributed by atoms with E-state index in [-0.39, 0.29) is 5.82 Å². The maximum absolute atomic E-state index is 13.5. The first-order valence-corrected chi connectivity index (χ1v) is 5.40. The van der Waals surface area contributed by atoms with Crippen molar-refractivity contribution in [3.63, 3.8) is 0 Å². The van der Waals surface area contributed by atoms with Crippen LogP contribution in [0.3, 0.4) is 0 Å². The van der Waals surface area contributed by atoms with Gasteiger partial charge in [-0.25, -0.2) is 4.39 Å². The molecule has 2 nitrogen and oxygen atoms in total. The highest BCUT2D eigenvalue weighted by Crippen LogP contribution is 2.21. The fourth-order valence-corrected chi connectivity index (χ4v) is 1.80. The summed E-state index contributed by atoms with van der Waals surface area (Å²) in [7, 11) is 0. The second-order valence-corrected chi connectivity index (χ2v) is 3.72. The highest BCUT2D eigenvalue weighted by Gasteiger charge is 2.04. The van der Waals surface area contributed by atoms with Gasteiger partial charge >= 0.3 is 0 Å². The van der Waals surface area contributed by atoms with Gasteiger partial charge in [0.1, 0.15) is 5.82 Å². The Hall–Kier alpha value is -1.45. The predicted octanol–water partition coefficient (Wildman–Crippen LogP) is 2.03. The van der Waals surface area contributed by atoms with Crippen molar-refractivity contribution < 1.29 is 4.39 Å². The van der Waals surface area contributed by atoms with E-state index < -0.39 is 0 Å². The molecule has 0 amide bonds. The van der Waals surface area contributed by atoms with Crippen LogP contribution < -0.4 is 11.1 Å². The lowest BCUT2D eigenvalue weighted by Gasteiger charge is -2.08. The molecule has 0 unspecified atom stereocenters. The smallest absolute Gasteiger partial charge is 0.131 e. The summed E-state index contributed by atoms with van der Waals surface area (Å²) in [6.07, 6.45) is 0. The molecular weight excluding hydrogens is 203 g/mol. The minimum Gasteiger partial charge on any atom is -0.329 e. The molecular formula is C13H15FN2. The molecule has 0 spiro atoms. The van der Waals surface area contributed by atoms with Crippen LogP contribution in [0.15, 0.2) is 36.4 Å². The van der Waals surface area contributed by atoms with Crippen molar-refractivity contribution in [1.29, 1.82) is 0 Å². The number of hydrogen-bond donors (Lipinski definition) is 2. The Morgan fingerprint density at radius 3 is 2.56 bits per heavy atom. The average molecular weight is 218 g/mol. The summed E-state index contributed by atoms with van der Waals surface area (Å²) in [6, 6.07) is 10.9. The molecule has 84 valence electrons. The van der Waals surface area contributed by atoms with E-state index in [4.69, 9.17) is 5.73 Å². The van der Waals surface area contributed by atoms with Crippen molar-refractivity contribution in [2.24, 2.45) is 5.73 Å². The van der Waals surface area contributed by atoms with Crippen LogP contribution in [0.2, 0.25) is 0 Å². The molecule has 2 aromatic carbocycles. The standard InChI is InChI=1S/C13H15FN2/c14-13-6-5-10(9-16-8-7-15)11-3-1-2-4-12(11)13/h1-6,16H,7-9,15H2. The van der Waals surface area contributed by atoms with Crippen molar-refractivity contribution in [1.82, 2.24) is 5.32 Å². The summed E-state index contributed by atoms with van der Waals surface area (Å²) in [4.78, 5) is 0. The van der Waals surface area contributed by atoms with E-state index >= 15 is 0 Å². The van der Waals surface area contributed by atoms with Crippen LogP contribution in [0.1, 0.15) is 5.56 Å². The molecule has 3 heteroatoms. The summed E-state index contributed by atoms with van der Waals surface area (Å²) < 4.78 is 13.5. The van der Waals surface area contributed by atoms with Gasteiger partial charge in [0, 0.05) is 25.0 Å². The van der Waals surface area contributed by atoms with E-state index in [1.54, 1.807) is 6.07 Å². The van der Waals surface area contributed by atoms with Crippen molar-refractivity contribution >= 4 is 10.8 Å². The van der Waals surface area contributed by atoms with Gasteiger partial charge in [0.05, 0.1) is 0 Å². The zero-order chi connectivity index (χ0) is 11.4. The lowest BCUT2D eigenvalue weighted by Crippen LogP contribution is -2.21. The van der Waals surface area contributed by atoms with Gasteiger partial charge in [-0.1, -0.05) is 30.3 Å². The molecule has 16 heavy (non-hydrogen) atoms. The van der Waals surface area contributed by atoms with Crippen LogP contribution >= 0.6 is 0 Å². The molecule has 0 heterocycles. The van der Waals surface area contributed by atoms with Gasteiger partial charge < -0.3 is 11.1 Å². The summed E-state index contributed by atoms with van der Waals surface area (Å²) in [5, 5.41) is 4.86. The molecule has 0 aliphatic heterocycles. The first kappa shape index (κ1) is 11.0. The number of fused-ring (bicyclic) bond motifs is 1. The van der Waals surface area contributed by atoms with Gasteiger partial charge in [0.25, 0.3) is 0 Å². The third-order valence-corrected chi connectivity index (χ3v) is 2.60. The lowest BCUT2D eigenvalue weighted by molar-refractivity contribution is 0.638. The number of benzene rings is 2. The normalized spacial score (nSPS) is 10.9. The van der Waals surface area contributed by atoms with Gasteiger partial charge in [-0.3, -0.25) is 0 Å². The second-order valence-electron chi connectivity index (χ2n) is 3.72. The van der Waals surface area contributed by atoms with Crippen LogP contribution in [-0.2, 0) is 6.54 Å². The largest absolute Gasteiger partial charge is 0.329 e. The van der Waals surface area contributed by atoms with Crippen molar-refractivity contribution in [2.75, 3.05) is 13.1 Å². The van der Waals surface area contributed by atoms with E-state index in [9.17, 15) is 4.39 Å². The van der Waals surface area contributed by atoms with Crippen molar-refractivity contribution in [3.05, 3.63) is 47.8 Å². The molecule has 0 aliphatic rings. The van der Waals surface area contributed by atoms with Crippen LogP contribution in [0.25, 0.3) is 10.8 Å². The maximum atomic E-state index is 13.5. The Morgan fingerprint density at radius 2 is 1.81 bits per heavy atom. The molecule has 0 bridgehead atoms. The summed E-state index contributed by atoms with van der Waals surface area (Å²) in [5.74, 6) is -0.168. The number of halogens is 1. The number of nitrogens with two attached hydrogens (primary N) is 1. The van der Waals surface area contributed by atoms with E-state index in [1.807, 2.05) is 24.3 Å². The molecule has 0 saturated carbocycles. The topological polar surface area (TPSA) is 38.0 Å². The SMILES string of the molecule is NCCNCc1ccc(F)c2ccccc12. The monoisotopic (exact) mass is 218 g/mol. The first-order valence-electron chi connectivity index (χ1n) is 5.40. The lowest BCUT2D eigenvalue weighted by atomic mass is 10.0. The minimum absolute atomic E-state index is 0.168. The maximum Gasteiger partial charge on any atom is 0.131 e. The van der Waals surface area contributed by atoms with Gasteiger partial charge in [-0.05, 0) is 17.0 Å². The molecule has 0 aromatic heterocycles. The van der Waals surface area contributed by atoms with E-state index in [0.717, 1.165) is 24.0 Å². The third-order valence-electron chi connectivity index (χ3n) is 2.60. The highest BCUT2D eigenvalue weighted by molar-refractivity contribution is 5.86. The minimum atomic E-state index is -0.168. The Labute approximate surface area is 94.3 Å². The molecule has 2 aromatic rings. The molecule has 2 rings (SSSR count). The van der Waals surface area contributed by atoms with Crippen LogP contribution in [0.4, 0.5) is 4.39 Å². The predicted molar refractivity (Wildman–Crippen MR) is 64.7 cm³/mol. The van der Waals surface area contributed by atoms with Gasteiger partial charge in [0.15, 0.2) is 0 Å². The number of nitrogens with one attached hydrogen (secondary N) is 1. The van der Waals surface area contributed by atoms with Gasteiger partial charge in [-0.2, -0.15) is 0 Å². The van der Waals surface area contributed by atoms with E-state index in [0.29, 0.717) is 11.9 Å². The van der Waals surface area contributed by atoms with Crippen molar-refractivity contribution in [2.45, 2.75) is 6.54 Å². The summed E-state index contributed by atoms with van der Waals surface area (Å²) in [5.41, 5.74) is 6.51. The van der Waals surface area contributed by atoms with Gasteiger partial charge in [0.2, 0.25) is 0 Å². The molecule has 0 atom stereocenters. The van der Waals surface area contributed by atoms with Crippen LogP contribution in [0, 0.1) is 5.82 Å². The fraction of sp³-hybridized carbons (Fsp3) is 0.231. The Kier molecular flexibility index (Phi) is 3.49. The Balaban J connectivity index is 2.35. The van der Waals surface area contributed by atoms with Crippen LogP contribution in [0.5, 0.6) is 0 Å². The molecule has 0 aliphatic carbocycles. The number of rotatable bonds is 4. The fourth-order valence-electron chi connectivity index (χ4n) is 1.80. The van der Waals surface area contributed by atoms with Crippen LogP contribution in [-0.4, -0.2) is 13.1 Å². The zero-order valence-corrected chi connectivity index (χ0v) is 9.04. The second kappa shape index (κ2) is 5.05. The molecule has 3 N–H and O–H groups in total. The molecule has 0 saturated heterocycles. The summed E-state index contributed by atoms with van der Waals surface area (Å²) >= 11 is 0. The third kappa shape index (κ3) is 2.21. The molecule has 0 radical (unpaired) electrons. The number of hydrogen-bond acceptors (Lipinski definition) is 2. The Bertz CT molecular complexity index is 482. The first-order chi connectivity index (χ1) is 7.83. The summed E-state index contributed by atoms with van der Waals surface area (Å²) in [6.45, 7) is 2.10. The van der Waals surface area contributed by atoms with Gasteiger partial charge in [-0.15, -0.1) is 0 Å². The van der Waals surface area contributed by atoms with E-state index in [2.05, 4.69) is 5.32 Å². The van der Waals surface area contributed by atoms with E-state index in [1.165, 1.54) is 6.07 Å². The van der Waals surface area contributed by atoms with Crippen molar-refractivity contribution in [3.8, 4) is 0 Å².